The highest BCUT2D eigenvalue weighted by molar-refractivity contribution is 7.10. The van der Waals surface area contributed by atoms with E-state index in [9.17, 15) is 13.2 Å². The van der Waals surface area contributed by atoms with Crippen LogP contribution in [0, 0.1) is 17.5 Å². The highest BCUT2D eigenvalue weighted by atomic mass is 32.1. The molecular weight excluding hydrogens is 235 g/mol. The minimum absolute atomic E-state index is 0.0404. The van der Waals surface area contributed by atoms with Crippen molar-refractivity contribution in [1.29, 1.82) is 0 Å². The Labute approximate surface area is 94.3 Å². The third kappa shape index (κ3) is 1.83. The van der Waals surface area contributed by atoms with Crippen molar-refractivity contribution < 1.29 is 13.2 Å². The molecule has 0 bridgehead atoms. The van der Waals surface area contributed by atoms with Gasteiger partial charge in [-0.25, -0.2) is 13.2 Å². The monoisotopic (exact) mass is 243 g/mol. The molecule has 0 fully saturated rings. The molecule has 0 spiro atoms. The molecule has 2 aromatic rings. The average Bonchev–Trinajstić information content (AvgIpc) is 2.79. The lowest BCUT2D eigenvalue weighted by Crippen LogP contribution is -2.13. The molecule has 0 aliphatic rings. The van der Waals surface area contributed by atoms with Gasteiger partial charge in [-0.2, -0.15) is 0 Å². The number of thiophene rings is 1. The van der Waals surface area contributed by atoms with E-state index < -0.39 is 23.5 Å². The molecule has 84 valence electrons. The molecule has 16 heavy (non-hydrogen) atoms. The van der Waals surface area contributed by atoms with Crippen molar-refractivity contribution >= 4 is 11.3 Å². The third-order valence-electron chi connectivity index (χ3n) is 2.25. The molecular formula is C11H8F3NS. The summed E-state index contributed by atoms with van der Waals surface area (Å²) < 4.78 is 39.1. The summed E-state index contributed by atoms with van der Waals surface area (Å²) >= 11 is 1.34. The van der Waals surface area contributed by atoms with E-state index in [4.69, 9.17) is 5.73 Å². The first kappa shape index (κ1) is 11.2. The molecule has 1 atom stereocenters. The molecule has 0 amide bonds. The first-order valence-electron chi connectivity index (χ1n) is 4.53. The Morgan fingerprint density at radius 2 is 1.81 bits per heavy atom. The largest absolute Gasteiger partial charge is 0.320 e. The Bertz CT molecular complexity index is 496. The molecule has 1 nitrogen and oxygen atoms in total. The fraction of sp³-hybridized carbons (Fsp3) is 0.0909. The molecule has 0 aliphatic carbocycles. The molecule has 0 saturated heterocycles. The first-order chi connectivity index (χ1) is 7.61. The normalized spacial score (nSPS) is 12.8. The standard InChI is InChI=1S/C11H8F3NS/c12-7-4-3-6(9(13)10(7)14)11(15)8-2-1-5-16-8/h1-5,11H,15H2/t11-/m0/s1. The highest BCUT2D eigenvalue weighted by Gasteiger charge is 2.19. The lowest BCUT2D eigenvalue weighted by Gasteiger charge is -2.11. The summed E-state index contributed by atoms with van der Waals surface area (Å²) in [6, 6.07) is 4.75. The molecule has 1 aromatic heterocycles. The van der Waals surface area contributed by atoms with Gasteiger partial charge in [-0.05, 0) is 17.5 Å². The number of nitrogens with two attached hydrogens (primary N) is 1. The maximum Gasteiger partial charge on any atom is 0.194 e. The van der Waals surface area contributed by atoms with Crippen LogP contribution in [-0.2, 0) is 0 Å². The predicted octanol–water partition coefficient (Wildman–Crippen LogP) is 3.21. The highest BCUT2D eigenvalue weighted by Crippen LogP contribution is 2.27. The molecule has 2 N–H and O–H groups in total. The Hall–Kier alpha value is -1.33. The summed E-state index contributed by atoms with van der Waals surface area (Å²) in [5, 5.41) is 1.78. The molecule has 0 radical (unpaired) electrons. The fourth-order valence-electron chi connectivity index (χ4n) is 1.40. The summed E-state index contributed by atoms with van der Waals surface area (Å²) in [6.07, 6.45) is 0. The van der Waals surface area contributed by atoms with Crippen molar-refractivity contribution in [2.45, 2.75) is 6.04 Å². The minimum Gasteiger partial charge on any atom is -0.320 e. The Balaban J connectivity index is 2.45. The molecule has 2 rings (SSSR count). The van der Waals surface area contributed by atoms with Gasteiger partial charge in [0.2, 0.25) is 0 Å². The summed E-state index contributed by atoms with van der Waals surface area (Å²) in [4.78, 5) is 0.699. The Kier molecular flexibility index (Phi) is 2.98. The van der Waals surface area contributed by atoms with Gasteiger partial charge in [0, 0.05) is 10.4 Å². The van der Waals surface area contributed by atoms with Gasteiger partial charge in [-0.1, -0.05) is 12.1 Å². The van der Waals surface area contributed by atoms with Gasteiger partial charge in [0.1, 0.15) is 0 Å². The molecule has 1 aromatic carbocycles. The fourth-order valence-corrected chi connectivity index (χ4v) is 2.15. The number of halogens is 3. The number of rotatable bonds is 2. The van der Waals surface area contributed by atoms with E-state index >= 15 is 0 Å². The van der Waals surface area contributed by atoms with Crippen LogP contribution in [0.1, 0.15) is 16.5 Å². The van der Waals surface area contributed by atoms with Crippen LogP contribution < -0.4 is 5.73 Å². The van der Waals surface area contributed by atoms with Crippen LogP contribution in [0.3, 0.4) is 0 Å². The van der Waals surface area contributed by atoms with E-state index in [-0.39, 0.29) is 5.56 Å². The van der Waals surface area contributed by atoms with Crippen LogP contribution in [-0.4, -0.2) is 0 Å². The molecule has 0 aliphatic heterocycles. The van der Waals surface area contributed by atoms with Crippen molar-refractivity contribution in [3.05, 3.63) is 57.5 Å². The second kappa shape index (κ2) is 4.27. The van der Waals surface area contributed by atoms with Crippen molar-refractivity contribution in [3.63, 3.8) is 0 Å². The molecule has 1 heterocycles. The number of hydrogen-bond acceptors (Lipinski definition) is 2. The minimum atomic E-state index is -1.48. The van der Waals surface area contributed by atoms with Crippen molar-refractivity contribution in [3.8, 4) is 0 Å². The van der Waals surface area contributed by atoms with Crippen LogP contribution in [0.5, 0.6) is 0 Å². The molecule has 5 heteroatoms. The Morgan fingerprint density at radius 1 is 1.06 bits per heavy atom. The van der Waals surface area contributed by atoms with Gasteiger partial charge in [-0.3, -0.25) is 0 Å². The van der Waals surface area contributed by atoms with Gasteiger partial charge in [0.05, 0.1) is 6.04 Å². The van der Waals surface area contributed by atoms with E-state index in [0.717, 1.165) is 12.1 Å². The average molecular weight is 243 g/mol. The maximum atomic E-state index is 13.4. The van der Waals surface area contributed by atoms with Crippen molar-refractivity contribution in [2.75, 3.05) is 0 Å². The van der Waals surface area contributed by atoms with Crippen molar-refractivity contribution in [2.24, 2.45) is 5.73 Å². The zero-order valence-corrected chi connectivity index (χ0v) is 8.90. The van der Waals surface area contributed by atoms with Crippen LogP contribution in [0.25, 0.3) is 0 Å². The lowest BCUT2D eigenvalue weighted by molar-refractivity contribution is 0.439. The summed E-state index contributed by atoms with van der Waals surface area (Å²) in [7, 11) is 0. The number of benzene rings is 1. The molecule has 0 unspecified atom stereocenters. The second-order valence-electron chi connectivity index (χ2n) is 3.26. The van der Waals surface area contributed by atoms with Gasteiger partial charge in [0.15, 0.2) is 17.5 Å². The maximum absolute atomic E-state index is 13.4. The predicted molar refractivity (Wildman–Crippen MR) is 56.7 cm³/mol. The summed E-state index contributed by atoms with van der Waals surface area (Å²) in [5.74, 6) is -3.91. The van der Waals surface area contributed by atoms with E-state index in [0.29, 0.717) is 4.88 Å². The van der Waals surface area contributed by atoms with Crippen molar-refractivity contribution in [1.82, 2.24) is 0 Å². The van der Waals surface area contributed by atoms with Crippen LogP contribution in [0.15, 0.2) is 29.6 Å². The second-order valence-corrected chi connectivity index (χ2v) is 4.24. The summed E-state index contributed by atoms with van der Waals surface area (Å²) in [5.41, 5.74) is 5.72. The van der Waals surface area contributed by atoms with Crippen LogP contribution in [0.2, 0.25) is 0 Å². The van der Waals surface area contributed by atoms with E-state index in [2.05, 4.69) is 0 Å². The van der Waals surface area contributed by atoms with Gasteiger partial charge < -0.3 is 5.73 Å². The molecule has 0 saturated carbocycles. The Morgan fingerprint density at radius 3 is 2.44 bits per heavy atom. The SMILES string of the molecule is N[C@H](c1cccs1)c1ccc(F)c(F)c1F. The van der Waals surface area contributed by atoms with E-state index in [1.54, 1.807) is 17.5 Å². The van der Waals surface area contributed by atoms with E-state index in [1.807, 2.05) is 0 Å². The smallest absolute Gasteiger partial charge is 0.194 e. The third-order valence-corrected chi connectivity index (χ3v) is 3.21. The van der Waals surface area contributed by atoms with E-state index in [1.165, 1.54) is 11.3 Å². The van der Waals surface area contributed by atoms with Crippen LogP contribution in [0.4, 0.5) is 13.2 Å². The number of hydrogen-bond donors (Lipinski definition) is 1. The van der Waals surface area contributed by atoms with Crippen LogP contribution >= 0.6 is 11.3 Å². The first-order valence-corrected chi connectivity index (χ1v) is 5.41. The topological polar surface area (TPSA) is 26.0 Å². The zero-order valence-electron chi connectivity index (χ0n) is 8.08. The summed E-state index contributed by atoms with van der Waals surface area (Å²) in [6.45, 7) is 0. The quantitative estimate of drug-likeness (QED) is 0.805. The lowest BCUT2D eigenvalue weighted by atomic mass is 10.1. The van der Waals surface area contributed by atoms with Gasteiger partial charge >= 0.3 is 0 Å². The van der Waals surface area contributed by atoms with Gasteiger partial charge in [-0.15, -0.1) is 11.3 Å². The van der Waals surface area contributed by atoms with Gasteiger partial charge in [0.25, 0.3) is 0 Å². The zero-order chi connectivity index (χ0) is 11.7.